The van der Waals surface area contributed by atoms with E-state index >= 15 is 0 Å². The lowest BCUT2D eigenvalue weighted by Gasteiger charge is -2.13. The zero-order valence-electron chi connectivity index (χ0n) is 13.1. The largest absolute Gasteiger partial charge is 0.573 e. The average molecular weight is 342 g/mol. The topological polar surface area (TPSA) is 34.5 Å². The van der Waals surface area contributed by atoms with Crippen LogP contribution in [0.4, 0.5) is 18.9 Å². The summed E-state index contributed by atoms with van der Waals surface area (Å²) in [6.07, 6.45) is -1.42. The number of benzene rings is 1. The van der Waals surface area contributed by atoms with Crippen molar-refractivity contribution >= 4 is 22.7 Å². The second-order valence-electron chi connectivity index (χ2n) is 5.10. The third-order valence-corrected chi connectivity index (χ3v) is 3.98. The standard InChI is InChI=1S/C16H17F3N2OS/c1-4-5-10(2)21-14-9-12(22-16(17,18)19)8-13(11(14)3)15-20-6-7-23-15/h6-9H,4-5H2,1-3H3. The van der Waals surface area contributed by atoms with Crippen LogP contribution in [0.3, 0.4) is 0 Å². The van der Waals surface area contributed by atoms with Gasteiger partial charge in [0.15, 0.2) is 0 Å². The summed E-state index contributed by atoms with van der Waals surface area (Å²) in [5, 5.41) is 2.41. The molecule has 7 heteroatoms. The Bertz CT molecular complexity index is 694. The Hall–Kier alpha value is -1.89. The van der Waals surface area contributed by atoms with Crippen molar-refractivity contribution in [2.45, 2.75) is 40.0 Å². The number of aliphatic imine (C=N–C) groups is 1. The van der Waals surface area contributed by atoms with E-state index in [1.807, 2.05) is 20.8 Å². The van der Waals surface area contributed by atoms with Crippen LogP contribution in [0.5, 0.6) is 5.75 Å². The van der Waals surface area contributed by atoms with E-state index < -0.39 is 6.36 Å². The third-order valence-electron chi connectivity index (χ3n) is 3.17. The Balaban J connectivity index is 2.54. The highest BCUT2D eigenvalue weighted by atomic mass is 32.1. The van der Waals surface area contributed by atoms with E-state index in [-0.39, 0.29) is 5.75 Å². The molecule has 0 N–H and O–H groups in total. The molecule has 2 rings (SSSR count). The lowest BCUT2D eigenvalue weighted by molar-refractivity contribution is -0.274. The normalized spacial score (nSPS) is 12.5. The number of hydrogen-bond donors (Lipinski definition) is 0. The number of aromatic nitrogens is 1. The van der Waals surface area contributed by atoms with E-state index in [1.54, 1.807) is 11.6 Å². The molecule has 2 aromatic rings. The molecule has 124 valence electrons. The molecule has 0 aliphatic heterocycles. The first-order chi connectivity index (χ1) is 10.8. The Morgan fingerprint density at radius 3 is 2.65 bits per heavy atom. The van der Waals surface area contributed by atoms with Crippen molar-refractivity contribution in [3.8, 4) is 16.3 Å². The zero-order valence-corrected chi connectivity index (χ0v) is 13.9. The van der Waals surface area contributed by atoms with Gasteiger partial charge in [0.25, 0.3) is 0 Å². The smallest absolute Gasteiger partial charge is 0.406 e. The fourth-order valence-corrected chi connectivity index (χ4v) is 2.90. The minimum Gasteiger partial charge on any atom is -0.406 e. The number of alkyl halides is 3. The van der Waals surface area contributed by atoms with E-state index in [2.05, 4.69) is 14.7 Å². The molecule has 0 bridgehead atoms. The molecule has 0 atom stereocenters. The number of halogens is 3. The second kappa shape index (κ2) is 7.12. The average Bonchev–Trinajstić information content (AvgIpc) is 2.94. The van der Waals surface area contributed by atoms with Crippen molar-refractivity contribution in [2.24, 2.45) is 4.99 Å². The third kappa shape index (κ3) is 4.79. The Kier molecular flexibility index (Phi) is 5.41. The van der Waals surface area contributed by atoms with Crippen molar-refractivity contribution < 1.29 is 17.9 Å². The molecule has 3 nitrogen and oxygen atoms in total. The summed E-state index contributed by atoms with van der Waals surface area (Å²) in [7, 11) is 0. The van der Waals surface area contributed by atoms with E-state index in [0.717, 1.165) is 24.1 Å². The van der Waals surface area contributed by atoms with Crippen LogP contribution in [0.2, 0.25) is 0 Å². The summed E-state index contributed by atoms with van der Waals surface area (Å²) in [5.74, 6) is -0.281. The highest BCUT2D eigenvalue weighted by Gasteiger charge is 2.31. The Morgan fingerprint density at radius 1 is 1.35 bits per heavy atom. The summed E-state index contributed by atoms with van der Waals surface area (Å²) < 4.78 is 41.8. The number of hydrogen-bond acceptors (Lipinski definition) is 4. The lowest BCUT2D eigenvalue weighted by atomic mass is 10.1. The molecule has 0 fully saturated rings. The summed E-state index contributed by atoms with van der Waals surface area (Å²) in [6, 6.07) is 2.68. The van der Waals surface area contributed by atoms with Crippen LogP contribution < -0.4 is 4.74 Å². The molecule has 0 saturated carbocycles. The van der Waals surface area contributed by atoms with Gasteiger partial charge in [0.2, 0.25) is 0 Å². The van der Waals surface area contributed by atoms with E-state index in [0.29, 0.717) is 16.3 Å². The van der Waals surface area contributed by atoms with Gasteiger partial charge in [-0.05, 0) is 31.9 Å². The molecule has 1 aromatic carbocycles. The van der Waals surface area contributed by atoms with Gasteiger partial charge in [-0.1, -0.05) is 13.3 Å². The minimum absolute atomic E-state index is 0.281. The predicted molar refractivity (Wildman–Crippen MR) is 86.6 cm³/mol. The van der Waals surface area contributed by atoms with Gasteiger partial charge in [0, 0.05) is 28.9 Å². The van der Waals surface area contributed by atoms with E-state index in [4.69, 9.17) is 0 Å². The fourth-order valence-electron chi connectivity index (χ4n) is 2.18. The van der Waals surface area contributed by atoms with Gasteiger partial charge in [-0.15, -0.1) is 24.5 Å². The van der Waals surface area contributed by atoms with E-state index in [1.165, 1.54) is 23.5 Å². The van der Waals surface area contributed by atoms with Crippen LogP contribution in [-0.2, 0) is 0 Å². The van der Waals surface area contributed by atoms with Crippen LogP contribution in [0.1, 0.15) is 32.3 Å². The maximum atomic E-state index is 12.6. The summed E-state index contributed by atoms with van der Waals surface area (Å²) >= 11 is 1.36. The molecule has 1 heterocycles. The molecule has 0 aliphatic carbocycles. The van der Waals surface area contributed by atoms with Crippen molar-refractivity contribution in [1.82, 2.24) is 4.98 Å². The van der Waals surface area contributed by atoms with Crippen molar-refractivity contribution in [3.63, 3.8) is 0 Å². The zero-order chi connectivity index (χ0) is 17.0. The van der Waals surface area contributed by atoms with E-state index in [9.17, 15) is 13.2 Å². The molecule has 0 unspecified atom stereocenters. The van der Waals surface area contributed by atoms with Gasteiger partial charge in [-0.2, -0.15) is 0 Å². The minimum atomic E-state index is -4.74. The van der Waals surface area contributed by atoms with Crippen molar-refractivity contribution in [1.29, 1.82) is 0 Å². The molecule has 0 spiro atoms. The van der Waals surface area contributed by atoms with Gasteiger partial charge in [0.05, 0.1) is 5.69 Å². The summed E-state index contributed by atoms with van der Waals surface area (Å²) in [4.78, 5) is 8.63. The van der Waals surface area contributed by atoms with Crippen LogP contribution in [0, 0.1) is 6.92 Å². The van der Waals surface area contributed by atoms with Crippen molar-refractivity contribution in [3.05, 3.63) is 29.3 Å². The summed E-state index contributed by atoms with van der Waals surface area (Å²) in [5.41, 5.74) is 2.72. The molecule has 23 heavy (non-hydrogen) atoms. The van der Waals surface area contributed by atoms with Crippen LogP contribution in [-0.4, -0.2) is 17.1 Å². The molecular formula is C16H17F3N2OS. The first kappa shape index (κ1) is 17.5. The number of rotatable bonds is 5. The maximum Gasteiger partial charge on any atom is 0.573 e. The van der Waals surface area contributed by atoms with Crippen LogP contribution in [0.25, 0.3) is 10.6 Å². The molecule has 1 aromatic heterocycles. The van der Waals surface area contributed by atoms with Gasteiger partial charge in [0.1, 0.15) is 10.8 Å². The molecule has 0 amide bonds. The first-order valence-electron chi connectivity index (χ1n) is 7.14. The summed E-state index contributed by atoms with van der Waals surface area (Å²) in [6.45, 7) is 5.71. The lowest BCUT2D eigenvalue weighted by Crippen LogP contribution is -2.17. The highest BCUT2D eigenvalue weighted by molar-refractivity contribution is 7.13. The van der Waals surface area contributed by atoms with Crippen LogP contribution >= 0.6 is 11.3 Å². The molecular weight excluding hydrogens is 325 g/mol. The quantitative estimate of drug-likeness (QED) is 0.633. The molecule has 0 saturated heterocycles. The monoisotopic (exact) mass is 342 g/mol. The second-order valence-corrected chi connectivity index (χ2v) is 5.99. The van der Waals surface area contributed by atoms with Gasteiger partial charge >= 0.3 is 6.36 Å². The Morgan fingerprint density at radius 2 is 2.09 bits per heavy atom. The molecule has 0 radical (unpaired) electrons. The number of thiazole rings is 1. The maximum absolute atomic E-state index is 12.6. The van der Waals surface area contributed by atoms with Gasteiger partial charge < -0.3 is 4.74 Å². The predicted octanol–water partition coefficient (Wildman–Crippen LogP) is 5.91. The SMILES string of the molecule is CCCC(C)=Nc1cc(OC(F)(F)F)cc(-c2nccs2)c1C. The number of nitrogens with zero attached hydrogens (tertiary/aromatic N) is 2. The number of ether oxygens (including phenoxy) is 1. The van der Waals surface area contributed by atoms with Crippen molar-refractivity contribution in [2.75, 3.05) is 0 Å². The molecule has 0 aliphatic rings. The Labute approximate surface area is 136 Å². The van der Waals surface area contributed by atoms with Crippen LogP contribution in [0.15, 0.2) is 28.7 Å². The first-order valence-corrected chi connectivity index (χ1v) is 8.02. The van der Waals surface area contributed by atoms with Gasteiger partial charge in [-0.25, -0.2) is 4.98 Å². The van der Waals surface area contributed by atoms with Gasteiger partial charge in [-0.3, -0.25) is 4.99 Å². The fraction of sp³-hybridized carbons (Fsp3) is 0.375. The highest BCUT2D eigenvalue weighted by Crippen LogP contribution is 2.37.